The van der Waals surface area contributed by atoms with Crippen LogP contribution in [0.4, 0.5) is 0 Å². The van der Waals surface area contributed by atoms with E-state index in [1.807, 2.05) is 34.6 Å². The second-order valence-corrected chi connectivity index (χ2v) is 3.54. The van der Waals surface area contributed by atoms with E-state index in [2.05, 4.69) is 0 Å². The van der Waals surface area contributed by atoms with Gasteiger partial charge in [0.2, 0.25) is 0 Å². The molecule has 0 aliphatic carbocycles. The standard InChI is InChI=1S/C9H18O2/c1-6(2)8(5)11-9(10)7(3)4/h6-8H,1-5H3. The Hall–Kier alpha value is -0.530. The molecule has 0 radical (unpaired) electrons. The lowest BCUT2D eigenvalue weighted by Gasteiger charge is -2.17. The normalized spacial score (nSPS) is 13.7. The predicted octanol–water partition coefficient (Wildman–Crippen LogP) is 2.23. The van der Waals surface area contributed by atoms with Gasteiger partial charge in [-0.1, -0.05) is 27.7 Å². The van der Waals surface area contributed by atoms with Crippen molar-refractivity contribution in [1.82, 2.24) is 0 Å². The molecule has 0 amide bonds. The maximum atomic E-state index is 11.0. The molecular formula is C9H18O2. The minimum Gasteiger partial charge on any atom is -0.462 e. The number of carbonyl (C=O) groups excluding carboxylic acids is 1. The Morgan fingerprint density at radius 3 is 1.82 bits per heavy atom. The number of carbonyl (C=O) groups is 1. The minimum absolute atomic E-state index is 0.0174. The molecule has 0 spiro atoms. The number of rotatable bonds is 3. The van der Waals surface area contributed by atoms with Crippen molar-refractivity contribution >= 4 is 5.97 Å². The van der Waals surface area contributed by atoms with Crippen LogP contribution in [0.1, 0.15) is 34.6 Å². The highest BCUT2D eigenvalue weighted by Gasteiger charge is 2.14. The summed E-state index contributed by atoms with van der Waals surface area (Å²) in [6.45, 7) is 9.69. The van der Waals surface area contributed by atoms with E-state index in [0.29, 0.717) is 5.92 Å². The van der Waals surface area contributed by atoms with Crippen LogP contribution in [0.2, 0.25) is 0 Å². The zero-order chi connectivity index (χ0) is 9.02. The van der Waals surface area contributed by atoms with E-state index in [9.17, 15) is 4.79 Å². The Labute approximate surface area is 68.9 Å². The summed E-state index contributed by atoms with van der Waals surface area (Å²) in [5.74, 6) is 0.278. The lowest BCUT2D eigenvalue weighted by molar-refractivity contribution is -0.153. The first-order valence-electron chi connectivity index (χ1n) is 4.15. The van der Waals surface area contributed by atoms with Crippen molar-refractivity contribution in [2.45, 2.75) is 40.7 Å². The van der Waals surface area contributed by atoms with Crippen LogP contribution in [0.15, 0.2) is 0 Å². The van der Waals surface area contributed by atoms with Gasteiger partial charge in [0.15, 0.2) is 0 Å². The summed E-state index contributed by atoms with van der Waals surface area (Å²) in [4.78, 5) is 11.0. The molecule has 1 atom stereocenters. The smallest absolute Gasteiger partial charge is 0.308 e. The van der Waals surface area contributed by atoms with Gasteiger partial charge in [-0.25, -0.2) is 0 Å². The second-order valence-electron chi connectivity index (χ2n) is 3.54. The van der Waals surface area contributed by atoms with Crippen molar-refractivity contribution in [3.05, 3.63) is 0 Å². The Bertz CT molecular complexity index is 128. The fraction of sp³-hybridized carbons (Fsp3) is 0.889. The molecule has 0 saturated heterocycles. The molecule has 0 aromatic heterocycles. The van der Waals surface area contributed by atoms with E-state index < -0.39 is 0 Å². The zero-order valence-corrected chi connectivity index (χ0v) is 8.05. The molecule has 0 aromatic carbocycles. The van der Waals surface area contributed by atoms with Gasteiger partial charge in [-0.3, -0.25) is 4.79 Å². The molecule has 0 heterocycles. The molecule has 0 aromatic rings. The van der Waals surface area contributed by atoms with E-state index in [1.165, 1.54) is 0 Å². The third kappa shape index (κ3) is 4.02. The van der Waals surface area contributed by atoms with E-state index in [4.69, 9.17) is 4.74 Å². The van der Waals surface area contributed by atoms with Gasteiger partial charge in [-0.2, -0.15) is 0 Å². The average Bonchev–Trinajstić information content (AvgIpc) is 1.87. The molecule has 0 saturated carbocycles. The summed E-state index contributed by atoms with van der Waals surface area (Å²) in [6.07, 6.45) is 0.0323. The van der Waals surface area contributed by atoms with Gasteiger partial charge < -0.3 is 4.74 Å². The van der Waals surface area contributed by atoms with E-state index in [0.717, 1.165) is 0 Å². The van der Waals surface area contributed by atoms with Gasteiger partial charge in [0, 0.05) is 0 Å². The summed E-state index contributed by atoms with van der Waals surface area (Å²) >= 11 is 0. The number of esters is 1. The first-order chi connectivity index (χ1) is 4.95. The third-order valence-corrected chi connectivity index (χ3v) is 1.71. The van der Waals surface area contributed by atoms with Gasteiger partial charge in [0.05, 0.1) is 5.92 Å². The van der Waals surface area contributed by atoms with Crippen molar-refractivity contribution in [3.63, 3.8) is 0 Å². The van der Waals surface area contributed by atoms with Crippen LogP contribution in [0.25, 0.3) is 0 Å². The van der Waals surface area contributed by atoms with Crippen molar-refractivity contribution in [1.29, 1.82) is 0 Å². The molecule has 66 valence electrons. The van der Waals surface area contributed by atoms with Crippen LogP contribution in [0, 0.1) is 11.8 Å². The first kappa shape index (κ1) is 10.5. The van der Waals surface area contributed by atoms with E-state index in [1.54, 1.807) is 0 Å². The molecular weight excluding hydrogens is 140 g/mol. The molecule has 2 heteroatoms. The van der Waals surface area contributed by atoms with Crippen molar-refractivity contribution < 1.29 is 9.53 Å². The molecule has 0 aliphatic heterocycles. The first-order valence-corrected chi connectivity index (χ1v) is 4.15. The molecule has 0 aliphatic rings. The summed E-state index contributed by atoms with van der Waals surface area (Å²) < 4.78 is 5.13. The molecule has 1 unspecified atom stereocenters. The number of hydrogen-bond donors (Lipinski definition) is 0. The van der Waals surface area contributed by atoms with Crippen molar-refractivity contribution in [2.24, 2.45) is 11.8 Å². The molecule has 0 fully saturated rings. The Balaban J connectivity index is 3.76. The highest BCUT2D eigenvalue weighted by Crippen LogP contribution is 2.08. The highest BCUT2D eigenvalue weighted by atomic mass is 16.5. The third-order valence-electron chi connectivity index (χ3n) is 1.71. The lowest BCUT2D eigenvalue weighted by Crippen LogP contribution is -2.23. The Morgan fingerprint density at radius 2 is 1.55 bits per heavy atom. The quantitative estimate of drug-likeness (QED) is 0.589. The maximum absolute atomic E-state index is 11.0. The SMILES string of the molecule is CC(C)C(=O)OC(C)C(C)C. The van der Waals surface area contributed by atoms with Gasteiger partial charge in [-0.05, 0) is 12.8 Å². The Morgan fingerprint density at radius 1 is 1.09 bits per heavy atom. The molecule has 0 bridgehead atoms. The van der Waals surface area contributed by atoms with Gasteiger partial charge >= 0.3 is 5.97 Å². The molecule has 0 N–H and O–H groups in total. The lowest BCUT2D eigenvalue weighted by atomic mass is 10.1. The van der Waals surface area contributed by atoms with Crippen LogP contribution in [-0.4, -0.2) is 12.1 Å². The topological polar surface area (TPSA) is 26.3 Å². The molecule has 2 nitrogen and oxygen atoms in total. The Kier molecular flexibility index (Phi) is 4.16. The fourth-order valence-electron chi connectivity index (χ4n) is 0.455. The van der Waals surface area contributed by atoms with Crippen LogP contribution >= 0.6 is 0 Å². The van der Waals surface area contributed by atoms with Crippen LogP contribution in [-0.2, 0) is 9.53 Å². The number of ether oxygens (including phenoxy) is 1. The second kappa shape index (κ2) is 4.37. The van der Waals surface area contributed by atoms with E-state index in [-0.39, 0.29) is 18.0 Å². The molecule has 0 rings (SSSR count). The predicted molar refractivity (Wildman–Crippen MR) is 45.2 cm³/mol. The van der Waals surface area contributed by atoms with Gasteiger partial charge in [0.25, 0.3) is 0 Å². The van der Waals surface area contributed by atoms with Crippen LogP contribution in [0.5, 0.6) is 0 Å². The summed E-state index contributed by atoms with van der Waals surface area (Å²) in [5, 5.41) is 0. The van der Waals surface area contributed by atoms with Crippen molar-refractivity contribution in [3.8, 4) is 0 Å². The molecule has 11 heavy (non-hydrogen) atoms. The van der Waals surface area contributed by atoms with Gasteiger partial charge in [-0.15, -0.1) is 0 Å². The largest absolute Gasteiger partial charge is 0.462 e. The van der Waals surface area contributed by atoms with Crippen molar-refractivity contribution in [2.75, 3.05) is 0 Å². The summed E-state index contributed by atoms with van der Waals surface area (Å²) in [6, 6.07) is 0. The van der Waals surface area contributed by atoms with Crippen LogP contribution < -0.4 is 0 Å². The summed E-state index contributed by atoms with van der Waals surface area (Å²) in [7, 11) is 0. The fourth-order valence-corrected chi connectivity index (χ4v) is 0.455. The van der Waals surface area contributed by atoms with E-state index >= 15 is 0 Å². The number of hydrogen-bond acceptors (Lipinski definition) is 2. The minimum atomic E-state index is -0.105. The average molecular weight is 158 g/mol. The zero-order valence-electron chi connectivity index (χ0n) is 8.05. The monoisotopic (exact) mass is 158 g/mol. The summed E-state index contributed by atoms with van der Waals surface area (Å²) in [5.41, 5.74) is 0. The highest BCUT2D eigenvalue weighted by molar-refractivity contribution is 5.71. The maximum Gasteiger partial charge on any atom is 0.308 e. The van der Waals surface area contributed by atoms with Gasteiger partial charge in [0.1, 0.15) is 6.10 Å². The van der Waals surface area contributed by atoms with Crippen LogP contribution in [0.3, 0.4) is 0 Å².